The van der Waals surface area contributed by atoms with Gasteiger partial charge in [-0.1, -0.05) is 50.6 Å². The van der Waals surface area contributed by atoms with Gasteiger partial charge in [-0.2, -0.15) is 0 Å². The lowest BCUT2D eigenvalue weighted by Gasteiger charge is -2.25. The van der Waals surface area contributed by atoms with Gasteiger partial charge < -0.3 is 4.43 Å². The summed E-state index contributed by atoms with van der Waals surface area (Å²) in [5.74, 6) is 0.991. The summed E-state index contributed by atoms with van der Waals surface area (Å²) in [7, 11) is -1.56. The molecule has 0 N–H and O–H groups in total. The zero-order valence-electron chi connectivity index (χ0n) is 10.6. The third-order valence-electron chi connectivity index (χ3n) is 2.66. The molecule has 0 atom stereocenters. The Morgan fingerprint density at radius 1 is 1.31 bits per heavy atom. The second-order valence-electron chi connectivity index (χ2n) is 4.71. The molecule has 0 aliphatic heterocycles. The van der Waals surface area contributed by atoms with Crippen LogP contribution in [-0.4, -0.2) is 8.32 Å². The Balaban J connectivity index is 2.74. The molecule has 0 saturated heterocycles. The van der Waals surface area contributed by atoms with Crippen molar-refractivity contribution >= 4 is 14.4 Å². The van der Waals surface area contributed by atoms with Gasteiger partial charge in [-0.3, -0.25) is 0 Å². The average molecular weight is 234 g/mol. The summed E-state index contributed by atoms with van der Waals surface area (Å²) >= 11 is 0. The fourth-order valence-corrected chi connectivity index (χ4v) is 3.78. The van der Waals surface area contributed by atoms with Crippen LogP contribution in [0, 0.1) is 0 Å². The van der Waals surface area contributed by atoms with Gasteiger partial charge in [0.05, 0.1) is 0 Å². The SMILES string of the molecule is C=Cc1ccccc1O[Si](C)(C)CCCC. The van der Waals surface area contributed by atoms with Crippen molar-refractivity contribution in [1.82, 2.24) is 0 Å². The highest BCUT2D eigenvalue weighted by atomic mass is 28.4. The highest BCUT2D eigenvalue weighted by Gasteiger charge is 2.24. The summed E-state index contributed by atoms with van der Waals surface area (Å²) in [4.78, 5) is 0. The molecule has 88 valence electrons. The second kappa shape index (κ2) is 5.90. The number of para-hydroxylation sites is 1. The third-order valence-corrected chi connectivity index (χ3v) is 4.99. The van der Waals surface area contributed by atoms with Crippen LogP contribution in [-0.2, 0) is 0 Å². The molecule has 1 rings (SSSR count). The number of unbranched alkanes of at least 4 members (excludes halogenated alkanes) is 1. The van der Waals surface area contributed by atoms with Gasteiger partial charge in [0.25, 0.3) is 0 Å². The summed E-state index contributed by atoms with van der Waals surface area (Å²) in [6.45, 7) is 10.6. The molecular weight excluding hydrogens is 212 g/mol. The summed E-state index contributed by atoms with van der Waals surface area (Å²) in [6, 6.07) is 9.34. The summed E-state index contributed by atoms with van der Waals surface area (Å²) in [5, 5.41) is 0. The van der Waals surface area contributed by atoms with Crippen molar-refractivity contribution in [3.05, 3.63) is 36.4 Å². The molecule has 1 nitrogen and oxygen atoms in total. The molecule has 0 saturated carbocycles. The number of rotatable bonds is 6. The Morgan fingerprint density at radius 2 is 2.00 bits per heavy atom. The topological polar surface area (TPSA) is 9.23 Å². The number of hydrogen-bond donors (Lipinski definition) is 0. The predicted octanol–water partition coefficient (Wildman–Crippen LogP) is 4.71. The van der Waals surface area contributed by atoms with E-state index in [4.69, 9.17) is 4.43 Å². The first-order valence-corrected chi connectivity index (χ1v) is 9.11. The first-order chi connectivity index (χ1) is 7.59. The molecular formula is C14H22OSi. The van der Waals surface area contributed by atoms with E-state index in [1.54, 1.807) is 0 Å². The van der Waals surface area contributed by atoms with Gasteiger partial charge in [-0.05, 0) is 25.2 Å². The van der Waals surface area contributed by atoms with Gasteiger partial charge in [-0.15, -0.1) is 0 Å². The van der Waals surface area contributed by atoms with Crippen LogP contribution in [0.3, 0.4) is 0 Å². The van der Waals surface area contributed by atoms with E-state index in [1.807, 2.05) is 30.3 Å². The van der Waals surface area contributed by atoms with Gasteiger partial charge in [0.15, 0.2) is 0 Å². The van der Waals surface area contributed by atoms with E-state index < -0.39 is 8.32 Å². The fourth-order valence-electron chi connectivity index (χ4n) is 1.69. The predicted molar refractivity (Wildman–Crippen MR) is 74.4 cm³/mol. The average Bonchev–Trinajstić information content (AvgIpc) is 2.27. The molecule has 16 heavy (non-hydrogen) atoms. The van der Waals surface area contributed by atoms with E-state index in [0.29, 0.717) is 0 Å². The van der Waals surface area contributed by atoms with E-state index >= 15 is 0 Å². The standard InChI is InChI=1S/C14H22OSi/c1-5-7-12-16(3,4)15-14-11-9-8-10-13(14)6-2/h6,8-11H,2,5,7,12H2,1,3-4H3. The largest absolute Gasteiger partial charge is 0.544 e. The Kier molecular flexibility index (Phi) is 4.81. The molecule has 0 amide bonds. The number of benzene rings is 1. The van der Waals surface area contributed by atoms with Crippen molar-refractivity contribution < 1.29 is 4.43 Å². The molecule has 1 aromatic rings. The van der Waals surface area contributed by atoms with Crippen molar-refractivity contribution in [3.8, 4) is 5.75 Å². The molecule has 0 aliphatic carbocycles. The summed E-state index contributed by atoms with van der Waals surface area (Å²) < 4.78 is 6.19. The lowest BCUT2D eigenvalue weighted by molar-refractivity contribution is 0.541. The van der Waals surface area contributed by atoms with Crippen molar-refractivity contribution in [1.29, 1.82) is 0 Å². The van der Waals surface area contributed by atoms with Crippen LogP contribution < -0.4 is 4.43 Å². The minimum atomic E-state index is -1.56. The van der Waals surface area contributed by atoms with Crippen LogP contribution in [0.2, 0.25) is 19.1 Å². The molecule has 0 aliphatic rings. The smallest absolute Gasteiger partial charge is 0.245 e. The van der Waals surface area contributed by atoms with Crippen LogP contribution >= 0.6 is 0 Å². The van der Waals surface area contributed by atoms with E-state index in [9.17, 15) is 0 Å². The lowest BCUT2D eigenvalue weighted by atomic mass is 10.2. The molecule has 0 radical (unpaired) electrons. The zero-order chi connectivity index (χ0) is 12.0. The van der Waals surface area contributed by atoms with Crippen molar-refractivity contribution in [2.24, 2.45) is 0 Å². The van der Waals surface area contributed by atoms with Crippen molar-refractivity contribution in [3.63, 3.8) is 0 Å². The molecule has 0 fully saturated rings. The third kappa shape index (κ3) is 3.85. The Labute approximate surface area is 100 Å². The van der Waals surface area contributed by atoms with E-state index in [0.717, 1.165) is 11.3 Å². The summed E-state index contributed by atoms with van der Waals surface area (Å²) in [5.41, 5.74) is 1.10. The van der Waals surface area contributed by atoms with Gasteiger partial charge in [0.1, 0.15) is 5.75 Å². The fraction of sp³-hybridized carbons (Fsp3) is 0.429. The first-order valence-electron chi connectivity index (χ1n) is 5.99. The maximum absolute atomic E-state index is 6.19. The molecule has 1 aromatic carbocycles. The second-order valence-corrected chi connectivity index (χ2v) is 8.93. The maximum atomic E-state index is 6.19. The monoisotopic (exact) mass is 234 g/mol. The van der Waals surface area contributed by atoms with Gasteiger partial charge in [-0.25, -0.2) is 0 Å². The Morgan fingerprint density at radius 3 is 2.62 bits per heavy atom. The first kappa shape index (κ1) is 13.0. The van der Waals surface area contributed by atoms with Gasteiger partial charge >= 0.3 is 0 Å². The van der Waals surface area contributed by atoms with E-state index in [2.05, 4.69) is 26.6 Å². The van der Waals surface area contributed by atoms with Crippen LogP contribution in [0.1, 0.15) is 25.3 Å². The Hall–Kier alpha value is -1.02. The van der Waals surface area contributed by atoms with E-state index in [1.165, 1.54) is 18.9 Å². The summed E-state index contributed by atoms with van der Waals surface area (Å²) in [6.07, 6.45) is 4.36. The lowest BCUT2D eigenvalue weighted by Crippen LogP contribution is -2.34. The van der Waals surface area contributed by atoms with Crippen LogP contribution in [0.4, 0.5) is 0 Å². The quantitative estimate of drug-likeness (QED) is 0.647. The molecule has 0 heterocycles. The molecule has 2 heteroatoms. The van der Waals surface area contributed by atoms with E-state index in [-0.39, 0.29) is 0 Å². The van der Waals surface area contributed by atoms with Gasteiger partial charge in [0, 0.05) is 5.56 Å². The minimum absolute atomic E-state index is 0.991. The molecule has 0 spiro atoms. The van der Waals surface area contributed by atoms with Crippen molar-refractivity contribution in [2.75, 3.05) is 0 Å². The number of hydrogen-bond acceptors (Lipinski definition) is 1. The van der Waals surface area contributed by atoms with Gasteiger partial charge in [0.2, 0.25) is 8.32 Å². The highest BCUT2D eigenvalue weighted by Crippen LogP contribution is 2.25. The molecule has 0 unspecified atom stereocenters. The normalized spacial score (nSPS) is 11.2. The minimum Gasteiger partial charge on any atom is -0.544 e. The zero-order valence-corrected chi connectivity index (χ0v) is 11.6. The molecule has 0 aromatic heterocycles. The van der Waals surface area contributed by atoms with Crippen LogP contribution in [0.15, 0.2) is 30.8 Å². The van der Waals surface area contributed by atoms with Crippen LogP contribution in [0.5, 0.6) is 5.75 Å². The van der Waals surface area contributed by atoms with Crippen molar-refractivity contribution in [2.45, 2.75) is 38.9 Å². The highest BCUT2D eigenvalue weighted by molar-refractivity contribution is 6.71. The Bertz CT molecular complexity index is 344. The van der Waals surface area contributed by atoms with Crippen LogP contribution in [0.25, 0.3) is 6.08 Å². The maximum Gasteiger partial charge on any atom is 0.245 e. The molecule has 0 bridgehead atoms.